The van der Waals surface area contributed by atoms with Gasteiger partial charge in [0.2, 0.25) is 5.91 Å². The van der Waals surface area contributed by atoms with E-state index in [1.54, 1.807) is 16.0 Å². The Hall–Kier alpha value is -3.11. The standard InChI is InChI=1S/C22H22N6O2S2/c1-11-19-15(8-16(13-4-5-13)24-20(19)28(3)27-11)21(30)26-22-25-17(10-31-22)18-7-6-14(32-18)9-23-12(2)29/h6-8,10,13H,4-5,9H2,1-3H3,(H,23,29)(H,25,26,30). The van der Waals surface area contributed by atoms with Gasteiger partial charge in [-0.3, -0.25) is 19.6 Å². The van der Waals surface area contributed by atoms with E-state index >= 15 is 0 Å². The van der Waals surface area contributed by atoms with Crippen LogP contribution in [0.2, 0.25) is 0 Å². The minimum absolute atomic E-state index is 0.0578. The third-order valence-corrected chi connectivity index (χ3v) is 7.24. The molecule has 0 atom stereocenters. The summed E-state index contributed by atoms with van der Waals surface area (Å²) in [6.45, 7) is 3.90. The highest BCUT2D eigenvalue weighted by atomic mass is 32.1. The van der Waals surface area contributed by atoms with E-state index in [9.17, 15) is 9.59 Å². The number of carbonyl (C=O) groups is 2. The quantitative estimate of drug-likeness (QED) is 0.443. The highest BCUT2D eigenvalue weighted by Crippen LogP contribution is 2.40. The summed E-state index contributed by atoms with van der Waals surface area (Å²) in [5.74, 6) is 0.171. The number of rotatable bonds is 6. The molecule has 0 unspecified atom stereocenters. The minimum atomic E-state index is -0.200. The first-order valence-corrected chi connectivity index (χ1v) is 12.0. The van der Waals surface area contributed by atoms with Gasteiger partial charge in [0.1, 0.15) is 0 Å². The number of nitrogens with one attached hydrogen (secondary N) is 2. The summed E-state index contributed by atoms with van der Waals surface area (Å²) < 4.78 is 1.74. The number of thiophene rings is 1. The number of aryl methyl sites for hydroxylation is 2. The molecule has 4 aromatic heterocycles. The van der Waals surface area contributed by atoms with Gasteiger partial charge in [0.05, 0.1) is 33.8 Å². The Morgan fingerprint density at radius 3 is 2.81 bits per heavy atom. The fourth-order valence-corrected chi connectivity index (χ4v) is 5.35. The first-order valence-electron chi connectivity index (χ1n) is 10.3. The minimum Gasteiger partial charge on any atom is -0.351 e. The molecule has 1 saturated carbocycles. The first-order chi connectivity index (χ1) is 15.4. The van der Waals surface area contributed by atoms with Crippen molar-refractivity contribution in [3.63, 3.8) is 0 Å². The molecule has 0 bridgehead atoms. The summed E-state index contributed by atoms with van der Waals surface area (Å²) in [5.41, 5.74) is 3.87. The number of hydrogen-bond acceptors (Lipinski definition) is 7. The molecule has 0 radical (unpaired) electrons. The molecule has 0 aliphatic heterocycles. The second kappa shape index (κ2) is 8.10. The van der Waals surface area contributed by atoms with Crippen molar-refractivity contribution in [1.82, 2.24) is 25.1 Å². The van der Waals surface area contributed by atoms with Crippen LogP contribution in [0.4, 0.5) is 5.13 Å². The van der Waals surface area contributed by atoms with Crippen LogP contribution < -0.4 is 10.6 Å². The Labute approximate surface area is 192 Å². The van der Waals surface area contributed by atoms with Crippen molar-refractivity contribution < 1.29 is 9.59 Å². The predicted molar refractivity (Wildman–Crippen MR) is 126 cm³/mol. The Balaban J connectivity index is 1.39. The molecule has 5 rings (SSSR count). The Kier molecular flexibility index (Phi) is 5.26. The van der Waals surface area contributed by atoms with Crippen molar-refractivity contribution in [3.05, 3.63) is 45.4 Å². The lowest BCUT2D eigenvalue weighted by atomic mass is 10.1. The molecule has 10 heteroatoms. The van der Waals surface area contributed by atoms with E-state index < -0.39 is 0 Å². The Morgan fingerprint density at radius 1 is 1.25 bits per heavy atom. The number of amides is 2. The van der Waals surface area contributed by atoms with Gasteiger partial charge in [0.15, 0.2) is 10.8 Å². The number of hydrogen-bond donors (Lipinski definition) is 2. The van der Waals surface area contributed by atoms with Crippen molar-refractivity contribution in [1.29, 1.82) is 0 Å². The number of nitrogens with zero attached hydrogens (tertiary/aromatic N) is 4. The van der Waals surface area contributed by atoms with Crippen LogP contribution in [0.5, 0.6) is 0 Å². The maximum atomic E-state index is 13.2. The van der Waals surface area contributed by atoms with E-state index in [0.717, 1.165) is 50.7 Å². The van der Waals surface area contributed by atoms with E-state index in [1.165, 1.54) is 18.3 Å². The van der Waals surface area contributed by atoms with Crippen molar-refractivity contribution in [2.75, 3.05) is 5.32 Å². The molecule has 1 aliphatic carbocycles. The smallest absolute Gasteiger partial charge is 0.258 e. The van der Waals surface area contributed by atoms with Crippen molar-refractivity contribution in [3.8, 4) is 10.6 Å². The summed E-state index contributed by atoms with van der Waals surface area (Å²) in [6.07, 6.45) is 2.22. The molecular formula is C22H22N6O2S2. The second-order valence-corrected chi connectivity index (χ2v) is 9.97. The molecule has 1 aliphatic rings. The Morgan fingerprint density at radius 2 is 2.06 bits per heavy atom. The summed E-state index contributed by atoms with van der Waals surface area (Å²) in [6, 6.07) is 5.87. The second-order valence-electron chi connectivity index (χ2n) is 7.94. The molecule has 164 valence electrons. The van der Waals surface area contributed by atoms with Crippen LogP contribution in [0.1, 0.15) is 52.3 Å². The predicted octanol–water partition coefficient (Wildman–Crippen LogP) is 4.23. The molecule has 2 amide bonds. The molecule has 0 aromatic carbocycles. The average molecular weight is 467 g/mol. The number of aromatic nitrogens is 4. The van der Waals surface area contributed by atoms with Crippen LogP contribution in [0.25, 0.3) is 21.6 Å². The van der Waals surface area contributed by atoms with Crippen LogP contribution >= 0.6 is 22.7 Å². The van der Waals surface area contributed by atoms with E-state index in [2.05, 4.69) is 20.7 Å². The molecule has 4 heterocycles. The third-order valence-electron chi connectivity index (χ3n) is 5.38. The zero-order valence-corrected chi connectivity index (χ0v) is 19.6. The lowest BCUT2D eigenvalue weighted by molar-refractivity contribution is -0.119. The van der Waals surface area contributed by atoms with Gasteiger partial charge in [0, 0.05) is 35.8 Å². The number of carbonyl (C=O) groups excluding carboxylic acids is 2. The van der Waals surface area contributed by atoms with Gasteiger partial charge in [-0.2, -0.15) is 5.10 Å². The van der Waals surface area contributed by atoms with E-state index in [1.807, 2.05) is 37.6 Å². The molecule has 32 heavy (non-hydrogen) atoms. The highest BCUT2D eigenvalue weighted by Gasteiger charge is 2.28. The van der Waals surface area contributed by atoms with Gasteiger partial charge in [-0.05, 0) is 38.0 Å². The van der Waals surface area contributed by atoms with Gasteiger partial charge >= 0.3 is 0 Å². The first kappa shape index (κ1) is 20.8. The summed E-state index contributed by atoms with van der Waals surface area (Å²) in [4.78, 5) is 35.8. The molecule has 8 nitrogen and oxygen atoms in total. The topological polar surface area (TPSA) is 102 Å². The molecular weight excluding hydrogens is 444 g/mol. The number of pyridine rings is 1. The van der Waals surface area contributed by atoms with Crippen LogP contribution in [-0.2, 0) is 18.4 Å². The summed E-state index contributed by atoms with van der Waals surface area (Å²) in [7, 11) is 1.86. The van der Waals surface area contributed by atoms with Gasteiger partial charge in [0.25, 0.3) is 5.91 Å². The normalized spacial score (nSPS) is 13.5. The van der Waals surface area contributed by atoms with Crippen molar-refractivity contribution >= 4 is 50.7 Å². The zero-order valence-electron chi connectivity index (χ0n) is 17.9. The monoisotopic (exact) mass is 466 g/mol. The molecule has 4 aromatic rings. The largest absolute Gasteiger partial charge is 0.351 e. The van der Waals surface area contributed by atoms with Gasteiger partial charge < -0.3 is 5.32 Å². The van der Waals surface area contributed by atoms with Gasteiger partial charge in [-0.15, -0.1) is 22.7 Å². The van der Waals surface area contributed by atoms with Crippen molar-refractivity contribution in [2.45, 2.75) is 39.2 Å². The SMILES string of the molecule is CC(=O)NCc1ccc(-c2csc(NC(=O)c3cc(C4CC4)nc4c3c(C)nn4C)n2)s1. The van der Waals surface area contributed by atoms with Gasteiger partial charge in [-0.1, -0.05) is 0 Å². The molecule has 0 spiro atoms. The number of fused-ring (bicyclic) bond motifs is 1. The van der Waals surface area contributed by atoms with Crippen molar-refractivity contribution in [2.24, 2.45) is 7.05 Å². The zero-order chi connectivity index (χ0) is 22.4. The molecule has 1 fully saturated rings. The van der Waals surface area contributed by atoms with E-state index in [0.29, 0.717) is 23.2 Å². The maximum Gasteiger partial charge on any atom is 0.258 e. The van der Waals surface area contributed by atoms with E-state index in [4.69, 9.17) is 4.98 Å². The van der Waals surface area contributed by atoms with Crippen LogP contribution in [0.15, 0.2) is 23.6 Å². The number of thiazole rings is 1. The molecule has 2 N–H and O–H groups in total. The van der Waals surface area contributed by atoms with Gasteiger partial charge in [-0.25, -0.2) is 9.97 Å². The van der Waals surface area contributed by atoms with Crippen LogP contribution in [0.3, 0.4) is 0 Å². The summed E-state index contributed by atoms with van der Waals surface area (Å²) >= 11 is 2.96. The maximum absolute atomic E-state index is 13.2. The highest BCUT2D eigenvalue weighted by molar-refractivity contribution is 7.17. The number of anilines is 1. The van der Waals surface area contributed by atoms with Crippen LogP contribution in [-0.4, -0.2) is 31.6 Å². The Bertz CT molecular complexity index is 1350. The lowest BCUT2D eigenvalue weighted by Gasteiger charge is -2.07. The third kappa shape index (κ3) is 4.03. The van der Waals surface area contributed by atoms with E-state index in [-0.39, 0.29) is 11.8 Å². The fraction of sp³-hybridized carbons (Fsp3) is 0.318. The fourth-order valence-electron chi connectivity index (χ4n) is 3.66. The average Bonchev–Trinajstić information content (AvgIpc) is 3.20. The van der Waals surface area contributed by atoms with Crippen LogP contribution in [0, 0.1) is 6.92 Å². The summed E-state index contributed by atoms with van der Waals surface area (Å²) in [5, 5.41) is 13.5. The lowest BCUT2D eigenvalue weighted by Crippen LogP contribution is -2.17. The molecule has 0 saturated heterocycles.